The summed E-state index contributed by atoms with van der Waals surface area (Å²) >= 11 is 0. The lowest BCUT2D eigenvalue weighted by Crippen LogP contribution is -2.23. The predicted molar refractivity (Wildman–Crippen MR) is 141 cm³/mol. The van der Waals surface area contributed by atoms with E-state index in [0.29, 0.717) is 29.9 Å². The molecule has 9 nitrogen and oxygen atoms in total. The smallest absolute Gasteiger partial charge is 0.210 e. The Morgan fingerprint density at radius 3 is 2.31 bits per heavy atom. The molecular formula is C26H31N5O4S. The zero-order valence-electron chi connectivity index (χ0n) is 20.5. The number of nitrogens with two attached hydrogens (primary N) is 2. The molecule has 10 heteroatoms. The highest BCUT2D eigenvalue weighted by Crippen LogP contribution is 2.23. The van der Waals surface area contributed by atoms with E-state index < -0.39 is 27.0 Å². The van der Waals surface area contributed by atoms with E-state index in [2.05, 4.69) is 15.3 Å². The first-order valence-corrected chi connectivity index (χ1v) is 13.0. The van der Waals surface area contributed by atoms with Crippen LogP contribution in [0.2, 0.25) is 0 Å². The van der Waals surface area contributed by atoms with E-state index in [9.17, 15) is 18.3 Å². The molecule has 0 saturated heterocycles. The van der Waals surface area contributed by atoms with Crippen LogP contribution in [0.3, 0.4) is 0 Å². The van der Waals surface area contributed by atoms with E-state index in [1.165, 1.54) is 24.4 Å². The molecule has 2 aromatic carbocycles. The SMILES string of the molecule is CC(O)CNCc1ccc(/C(N)=C/C(=O)c2nc(-c3ccc(S(=O)(=O)C(C)C)cc3)cnc2N)cc1. The first kappa shape index (κ1) is 27.0. The molecule has 0 fully saturated rings. The largest absolute Gasteiger partial charge is 0.398 e. The predicted octanol–water partition coefficient (Wildman–Crippen LogP) is 2.56. The minimum atomic E-state index is -3.40. The Morgan fingerprint density at radius 1 is 1.08 bits per heavy atom. The fourth-order valence-corrected chi connectivity index (χ4v) is 4.40. The van der Waals surface area contributed by atoms with Crippen molar-refractivity contribution in [3.8, 4) is 11.3 Å². The summed E-state index contributed by atoms with van der Waals surface area (Å²) < 4.78 is 24.7. The number of carbonyl (C=O) groups is 1. The van der Waals surface area contributed by atoms with Crippen molar-refractivity contribution in [2.75, 3.05) is 12.3 Å². The zero-order valence-corrected chi connectivity index (χ0v) is 21.3. The number of sulfone groups is 1. The van der Waals surface area contributed by atoms with Crippen LogP contribution in [0.1, 0.15) is 42.4 Å². The normalized spacial score (nSPS) is 13.1. The summed E-state index contributed by atoms with van der Waals surface area (Å²) in [7, 11) is -3.40. The summed E-state index contributed by atoms with van der Waals surface area (Å²) in [6.07, 6.45) is 2.25. The Kier molecular flexibility index (Phi) is 8.57. The van der Waals surface area contributed by atoms with Crippen molar-refractivity contribution in [2.45, 2.75) is 43.6 Å². The van der Waals surface area contributed by atoms with E-state index in [-0.39, 0.29) is 22.1 Å². The second kappa shape index (κ2) is 11.4. The van der Waals surface area contributed by atoms with Crippen LogP contribution < -0.4 is 16.8 Å². The van der Waals surface area contributed by atoms with Crippen LogP contribution in [-0.4, -0.2) is 47.2 Å². The summed E-state index contributed by atoms with van der Waals surface area (Å²) in [5.74, 6) is -0.535. The van der Waals surface area contributed by atoms with E-state index >= 15 is 0 Å². The molecule has 0 radical (unpaired) electrons. The number of carbonyl (C=O) groups excluding carboxylic acids is 1. The van der Waals surface area contributed by atoms with Gasteiger partial charge in [0.1, 0.15) is 0 Å². The summed E-state index contributed by atoms with van der Waals surface area (Å²) in [4.78, 5) is 21.6. The molecule has 0 spiro atoms. The molecule has 1 heterocycles. The van der Waals surface area contributed by atoms with Gasteiger partial charge in [0.05, 0.1) is 28.1 Å². The van der Waals surface area contributed by atoms with Crippen molar-refractivity contribution in [3.05, 3.63) is 77.6 Å². The maximum Gasteiger partial charge on any atom is 0.210 e. The number of aromatic nitrogens is 2. The van der Waals surface area contributed by atoms with Gasteiger partial charge in [0, 0.05) is 30.4 Å². The molecular weight excluding hydrogens is 478 g/mol. The van der Waals surface area contributed by atoms with Gasteiger partial charge in [0.2, 0.25) is 5.78 Å². The van der Waals surface area contributed by atoms with Crippen molar-refractivity contribution in [1.82, 2.24) is 15.3 Å². The number of hydrogen-bond acceptors (Lipinski definition) is 9. The molecule has 1 unspecified atom stereocenters. The lowest BCUT2D eigenvalue weighted by atomic mass is 10.1. The van der Waals surface area contributed by atoms with E-state index in [0.717, 1.165) is 5.56 Å². The van der Waals surface area contributed by atoms with Crippen LogP contribution in [0.5, 0.6) is 0 Å². The van der Waals surface area contributed by atoms with Gasteiger partial charge in [-0.15, -0.1) is 0 Å². The minimum Gasteiger partial charge on any atom is -0.398 e. The number of ketones is 1. The number of aliphatic hydroxyl groups excluding tert-OH is 1. The van der Waals surface area contributed by atoms with Gasteiger partial charge >= 0.3 is 0 Å². The standard InChI is InChI=1S/C26H31N5O4S/c1-16(2)36(34,35)21-10-8-20(9-11-21)23-15-30-26(28)25(31-23)24(33)12-22(27)19-6-4-18(5-7-19)14-29-13-17(3)32/h4-12,15-17,29,32H,13-14,27H2,1-3H3,(H2,28,30)/b22-12-. The number of benzene rings is 2. The van der Waals surface area contributed by atoms with Crippen LogP contribution >= 0.6 is 0 Å². The maximum absolute atomic E-state index is 12.9. The van der Waals surface area contributed by atoms with Gasteiger partial charge in [-0.3, -0.25) is 4.79 Å². The Bertz CT molecular complexity index is 1350. The third-order valence-electron chi connectivity index (χ3n) is 5.48. The molecule has 6 N–H and O–H groups in total. The number of nitrogen functional groups attached to an aromatic ring is 1. The van der Waals surface area contributed by atoms with Gasteiger partial charge in [0.15, 0.2) is 21.3 Å². The summed E-state index contributed by atoms with van der Waals surface area (Å²) in [5, 5.41) is 11.9. The van der Waals surface area contributed by atoms with Crippen LogP contribution in [0.4, 0.5) is 5.82 Å². The van der Waals surface area contributed by atoms with Crippen molar-refractivity contribution in [1.29, 1.82) is 0 Å². The molecule has 0 aliphatic carbocycles. The highest BCUT2D eigenvalue weighted by molar-refractivity contribution is 7.92. The van der Waals surface area contributed by atoms with Crippen LogP contribution in [-0.2, 0) is 16.4 Å². The minimum absolute atomic E-state index is 0.0358. The molecule has 0 aliphatic rings. The van der Waals surface area contributed by atoms with Crippen LogP contribution in [0.15, 0.2) is 65.7 Å². The van der Waals surface area contributed by atoms with Crippen LogP contribution in [0, 0.1) is 0 Å². The molecule has 1 atom stereocenters. The van der Waals surface area contributed by atoms with Crippen molar-refractivity contribution in [2.24, 2.45) is 5.73 Å². The quantitative estimate of drug-likeness (QED) is 0.238. The highest BCUT2D eigenvalue weighted by Gasteiger charge is 2.19. The Labute approximate surface area is 211 Å². The number of anilines is 1. The molecule has 190 valence electrons. The molecule has 36 heavy (non-hydrogen) atoms. The molecule has 0 bridgehead atoms. The number of nitrogens with zero attached hydrogens (tertiary/aromatic N) is 2. The molecule has 3 rings (SSSR count). The Balaban J connectivity index is 1.79. The summed E-state index contributed by atoms with van der Waals surface area (Å²) in [5.41, 5.74) is 14.9. The number of nitrogens with one attached hydrogen (secondary N) is 1. The topological polar surface area (TPSA) is 161 Å². The lowest BCUT2D eigenvalue weighted by Gasteiger charge is -2.09. The number of hydrogen-bond donors (Lipinski definition) is 4. The average molecular weight is 510 g/mol. The van der Waals surface area contributed by atoms with Crippen molar-refractivity contribution >= 4 is 27.1 Å². The first-order chi connectivity index (χ1) is 17.0. The molecule has 0 aliphatic heterocycles. The highest BCUT2D eigenvalue weighted by atomic mass is 32.2. The third kappa shape index (κ3) is 6.54. The third-order valence-corrected chi connectivity index (χ3v) is 7.65. The average Bonchev–Trinajstić information content (AvgIpc) is 2.84. The van der Waals surface area contributed by atoms with Gasteiger partial charge in [-0.1, -0.05) is 36.4 Å². The summed E-state index contributed by atoms with van der Waals surface area (Å²) in [6, 6.07) is 13.6. The fraction of sp³-hybridized carbons (Fsp3) is 0.269. The zero-order chi connectivity index (χ0) is 26.5. The van der Waals surface area contributed by atoms with Gasteiger partial charge in [-0.05, 0) is 44.0 Å². The van der Waals surface area contributed by atoms with Gasteiger partial charge in [-0.2, -0.15) is 0 Å². The van der Waals surface area contributed by atoms with Gasteiger partial charge in [-0.25, -0.2) is 18.4 Å². The second-order valence-corrected chi connectivity index (χ2v) is 11.3. The van der Waals surface area contributed by atoms with Crippen LogP contribution in [0.25, 0.3) is 17.0 Å². The molecule has 1 aromatic heterocycles. The summed E-state index contributed by atoms with van der Waals surface area (Å²) in [6.45, 7) is 6.04. The molecule has 3 aromatic rings. The van der Waals surface area contributed by atoms with E-state index in [1.807, 2.05) is 12.1 Å². The number of aliphatic hydroxyl groups is 1. The molecule has 0 saturated carbocycles. The first-order valence-electron chi connectivity index (χ1n) is 11.5. The maximum atomic E-state index is 12.9. The Morgan fingerprint density at radius 2 is 1.72 bits per heavy atom. The van der Waals surface area contributed by atoms with Crippen molar-refractivity contribution in [3.63, 3.8) is 0 Å². The molecule has 0 amide bonds. The van der Waals surface area contributed by atoms with E-state index in [4.69, 9.17) is 11.5 Å². The van der Waals surface area contributed by atoms with Gasteiger partial charge < -0.3 is 21.9 Å². The van der Waals surface area contributed by atoms with Gasteiger partial charge in [0.25, 0.3) is 0 Å². The monoisotopic (exact) mass is 509 g/mol. The van der Waals surface area contributed by atoms with E-state index in [1.54, 1.807) is 45.0 Å². The number of rotatable bonds is 10. The fourth-order valence-electron chi connectivity index (χ4n) is 3.34. The Hall–Kier alpha value is -3.60. The number of allylic oxidation sites excluding steroid dienone is 1. The van der Waals surface area contributed by atoms with Crippen molar-refractivity contribution < 1.29 is 18.3 Å². The lowest BCUT2D eigenvalue weighted by molar-refractivity contribution is 0.104. The second-order valence-electron chi connectivity index (χ2n) is 8.75.